The molecule has 0 aromatic heterocycles. The molecule has 396 valence electrons. The predicted octanol–water partition coefficient (Wildman–Crippen LogP) is 19.5. The van der Waals surface area contributed by atoms with E-state index in [0.29, 0.717) is 19.3 Å². The molecule has 0 spiro atoms. The van der Waals surface area contributed by atoms with Crippen LogP contribution in [0.3, 0.4) is 0 Å². The lowest BCUT2D eigenvalue weighted by Crippen LogP contribution is -2.30. The Morgan fingerprint density at radius 2 is 0.580 bits per heavy atom. The summed E-state index contributed by atoms with van der Waals surface area (Å²) in [7, 11) is 0. The Labute approximate surface area is 426 Å². The van der Waals surface area contributed by atoms with E-state index >= 15 is 0 Å². The molecule has 0 fully saturated rings. The standard InChI is InChI=1S/C63H108O6/c1-4-7-10-13-16-19-22-25-28-30-32-34-35-38-41-44-47-50-53-56-62(65)68-59-60(58-67-61(64)55-52-49-46-43-40-37-27-24-21-18-15-12-9-6-3)69-63(66)57-54-51-48-45-42-39-36-33-31-29-26-23-20-17-14-11-8-5-2/h7,10,15-16,18-19,24-25,27-28,32,34,38,41,60H,4-6,8-9,11-14,17,20-23,26,29-31,33,35-37,39-40,42-59H2,1-3H3/b10-7+,18-15+,19-16+,27-24+,28-25+,34-32+,41-38+/t60-/m1/s1. The third-order valence-corrected chi connectivity index (χ3v) is 12.4. The minimum Gasteiger partial charge on any atom is -0.462 e. The molecule has 0 aromatic rings. The average Bonchev–Trinajstić information content (AvgIpc) is 3.35. The molecule has 0 rings (SSSR count). The molecular formula is C63H108O6. The SMILES string of the molecule is CC/C=C/C/C=C/C/C=C/C/C=C/C/C=C/CCCCCC(=O)OC[C@@H](COC(=O)CCCCCCC/C=C/C/C=C/CCCC)OC(=O)CCCCCCCCCCCCCCCCCCCC. The summed E-state index contributed by atoms with van der Waals surface area (Å²) in [6, 6.07) is 0. The van der Waals surface area contributed by atoms with Crippen LogP contribution >= 0.6 is 0 Å². The van der Waals surface area contributed by atoms with Crippen molar-refractivity contribution < 1.29 is 28.6 Å². The number of carbonyl (C=O) groups excluding carboxylic acids is 3. The molecule has 0 heterocycles. The number of unbranched alkanes of at least 4 members (excludes halogenated alkanes) is 27. The Morgan fingerprint density at radius 3 is 0.942 bits per heavy atom. The van der Waals surface area contributed by atoms with Crippen molar-refractivity contribution in [1.29, 1.82) is 0 Å². The Bertz CT molecular complexity index is 1330. The zero-order valence-electron chi connectivity index (χ0n) is 45.3. The van der Waals surface area contributed by atoms with Gasteiger partial charge in [0.05, 0.1) is 0 Å². The molecule has 6 nitrogen and oxygen atoms in total. The van der Waals surface area contributed by atoms with Crippen LogP contribution in [0.25, 0.3) is 0 Å². The highest BCUT2D eigenvalue weighted by atomic mass is 16.6. The van der Waals surface area contributed by atoms with Crippen molar-refractivity contribution in [2.24, 2.45) is 0 Å². The number of allylic oxidation sites excluding steroid dienone is 14. The van der Waals surface area contributed by atoms with Crippen LogP contribution in [0.2, 0.25) is 0 Å². The minimum absolute atomic E-state index is 0.0929. The van der Waals surface area contributed by atoms with Crippen molar-refractivity contribution >= 4 is 17.9 Å². The molecule has 0 amide bonds. The van der Waals surface area contributed by atoms with Crippen LogP contribution in [0, 0.1) is 0 Å². The van der Waals surface area contributed by atoms with Crippen LogP contribution in [-0.4, -0.2) is 37.2 Å². The highest BCUT2D eigenvalue weighted by Gasteiger charge is 2.19. The molecule has 0 N–H and O–H groups in total. The van der Waals surface area contributed by atoms with E-state index in [4.69, 9.17) is 14.2 Å². The van der Waals surface area contributed by atoms with Crippen LogP contribution in [0.15, 0.2) is 85.1 Å². The van der Waals surface area contributed by atoms with Crippen LogP contribution in [0.1, 0.15) is 278 Å². The van der Waals surface area contributed by atoms with E-state index in [9.17, 15) is 14.4 Å². The fraction of sp³-hybridized carbons (Fsp3) is 0.730. The third-order valence-electron chi connectivity index (χ3n) is 12.4. The molecular weight excluding hydrogens is 853 g/mol. The summed E-state index contributed by atoms with van der Waals surface area (Å²) in [6.45, 7) is 6.47. The van der Waals surface area contributed by atoms with Crippen molar-refractivity contribution in [3.63, 3.8) is 0 Å². The lowest BCUT2D eigenvalue weighted by atomic mass is 10.0. The second kappa shape index (κ2) is 57.2. The van der Waals surface area contributed by atoms with Gasteiger partial charge in [-0.05, 0) is 89.9 Å². The average molecular weight is 962 g/mol. The minimum atomic E-state index is -0.795. The predicted molar refractivity (Wildman–Crippen MR) is 297 cm³/mol. The normalized spacial score (nSPS) is 12.7. The molecule has 0 radical (unpaired) electrons. The van der Waals surface area contributed by atoms with Crippen LogP contribution in [-0.2, 0) is 28.6 Å². The van der Waals surface area contributed by atoms with Gasteiger partial charge in [-0.3, -0.25) is 14.4 Å². The van der Waals surface area contributed by atoms with Gasteiger partial charge in [-0.1, -0.05) is 254 Å². The topological polar surface area (TPSA) is 78.9 Å². The van der Waals surface area contributed by atoms with Crippen molar-refractivity contribution in [3.05, 3.63) is 85.1 Å². The number of carbonyl (C=O) groups is 3. The van der Waals surface area contributed by atoms with E-state index in [0.717, 1.165) is 122 Å². The maximum Gasteiger partial charge on any atom is 0.306 e. The number of ether oxygens (including phenoxy) is 3. The van der Waals surface area contributed by atoms with Gasteiger partial charge in [-0.25, -0.2) is 0 Å². The summed E-state index contributed by atoms with van der Waals surface area (Å²) in [4.78, 5) is 38.2. The zero-order chi connectivity index (χ0) is 50.0. The summed E-state index contributed by atoms with van der Waals surface area (Å²) in [5, 5.41) is 0. The number of hydrogen-bond acceptors (Lipinski definition) is 6. The van der Waals surface area contributed by atoms with Crippen molar-refractivity contribution in [2.75, 3.05) is 13.2 Å². The quantitative estimate of drug-likeness (QED) is 0.0262. The Morgan fingerprint density at radius 1 is 0.304 bits per heavy atom. The van der Waals surface area contributed by atoms with Gasteiger partial charge >= 0.3 is 17.9 Å². The van der Waals surface area contributed by atoms with Gasteiger partial charge in [-0.2, -0.15) is 0 Å². The second-order valence-electron chi connectivity index (χ2n) is 19.2. The largest absolute Gasteiger partial charge is 0.462 e. The Balaban J connectivity index is 4.44. The van der Waals surface area contributed by atoms with Crippen molar-refractivity contribution in [3.8, 4) is 0 Å². The maximum atomic E-state index is 12.9. The van der Waals surface area contributed by atoms with Crippen molar-refractivity contribution in [2.45, 2.75) is 284 Å². The summed E-state index contributed by atoms with van der Waals surface area (Å²) in [5.74, 6) is -0.930. The van der Waals surface area contributed by atoms with Gasteiger partial charge in [0.25, 0.3) is 0 Å². The molecule has 0 bridgehead atoms. The van der Waals surface area contributed by atoms with Gasteiger partial charge < -0.3 is 14.2 Å². The van der Waals surface area contributed by atoms with E-state index in [1.807, 2.05) is 0 Å². The maximum absolute atomic E-state index is 12.9. The summed E-state index contributed by atoms with van der Waals surface area (Å²) in [5.41, 5.74) is 0. The van der Waals surface area contributed by atoms with Gasteiger partial charge in [0, 0.05) is 19.3 Å². The lowest BCUT2D eigenvalue weighted by Gasteiger charge is -2.18. The van der Waals surface area contributed by atoms with E-state index in [-0.39, 0.29) is 31.1 Å². The Kier molecular flexibility index (Phi) is 54.3. The molecule has 1 atom stereocenters. The first-order chi connectivity index (χ1) is 34.0. The highest BCUT2D eigenvalue weighted by Crippen LogP contribution is 2.16. The van der Waals surface area contributed by atoms with E-state index < -0.39 is 6.10 Å². The summed E-state index contributed by atoms with van der Waals surface area (Å²) >= 11 is 0. The highest BCUT2D eigenvalue weighted by molar-refractivity contribution is 5.71. The second-order valence-corrected chi connectivity index (χ2v) is 19.2. The number of hydrogen-bond donors (Lipinski definition) is 0. The molecule has 69 heavy (non-hydrogen) atoms. The molecule has 0 aliphatic carbocycles. The molecule has 0 saturated carbocycles. The van der Waals surface area contributed by atoms with Crippen LogP contribution in [0.4, 0.5) is 0 Å². The summed E-state index contributed by atoms with van der Waals surface area (Å²) < 4.78 is 16.8. The van der Waals surface area contributed by atoms with E-state index in [2.05, 4.69) is 106 Å². The fourth-order valence-corrected chi connectivity index (χ4v) is 8.02. The first-order valence-electron chi connectivity index (χ1n) is 29.1. The van der Waals surface area contributed by atoms with Gasteiger partial charge in [-0.15, -0.1) is 0 Å². The molecule has 0 aromatic carbocycles. The van der Waals surface area contributed by atoms with E-state index in [1.165, 1.54) is 116 Å². The number of rotatable bonds is 52. The zero-order valence-corrected chi connectivity index (χ0v) is 45.3. The van der Waals surface area contributed by atoms with Gasteiger partial charge in [0.2, 0.25) is 0 Å². The lowest BCUT2D eigenvalue weighted by molar-refractivity contribution is -0.167. The fourth-order valence-electron chi connectivity index (χ4n) is 8.02. The molecule has 6 heteroatoms. The molecule has 0 aliphatic heterocycles. The Hall–Kier alpha value is -3.41. The van der Waals surface area contributed by atoms with E-state index in [1.54, 1.807) is 0 Å². The van der Waals surface area contributed by atoms with Gasteiger partial charge in [0.15, 0.2) is 6.10 Å². The third kappa shape index (κ3) is 55.4. The van der Waals surface area contributed by atoms with Gasteiger partial charge in [0.1, 0.15) is 13.2 Å². The number of esters is 3. The van der Waals surface area contributed by atoms with Crippen molar-refractivity contribution in [1.82, 2.24) is 0 Å². The first-order valence-corrected chi connectivity index (χ1v) is 29.1. The smallest absolute Gasteiger partial charge is 0.306 e. The van der Waals surface area contributed by atoms with Crippen LogP contribution < -0.4 is 0 Å². The van der Waals surface area contributed by atoms with Crippen LogP contribution in [0.5, 0.6) is 0 Å². The molecule has 0 aliphatic rings. The summed E-state index contributed by atoms with van der Waals surface area (Å²) in [6.07, 6.45) is 74.3. The first kappa shape index (κ1) is 65.6. The molecule has 0 saturated heterocycles. The monoisotopic (exact) mass is 961 g/mol. The molecule has 0 unspecified atom stereocenters.